The fourth-order valence-electron chi connectivity index (χ4n) is 1.53. The lowest BCUT2D eigenvalue weighted by Gasteiger charge is -2.02. The van der Waals surface area contributed by atoms with Gasteiger partial charge in [0.25, 0.3) is 0 Å². The van der Waals surface area contributed by atoms with Gasteiger partial charge in [-0.2, -0.15) is 0 Å². The maximum Gasteiger partial charge on any atom is 0.119 e. The second kappa shape index (κ2) is 7.04. The maximum absolute atomic E-state index is 10.1. The molecule has 0 unspecified atom stereocenters. The average Bonchev–Trinajstić information content (AvgIpc) is 2.30. The summed E-state index contributed by atoms with van der Waals surface area (Å²) in [4.78, 5) is 10.1. The lowest BCUT2D eigenvalue weighted by Crippen LogP contribution is -1.87. The van der Waals surface area contributed by atoms with Gasteiger partial charge in [0.05, 0.1) is 7.11 Å². The van der Waals surface area contributed by atoms with Crippen LogP contribution in [-0.2, 0) is 11.2 Å². The van der Waals surface area contributed by atoms with Crippen molar-refractivity contribution in [2.75, 3.05) is 7.11 Å². The van der Waals surface area contributed by atoms with Crippen LogP contribution >= 0.6 is 0 Å². The van der Waals surface area contributed by atoms with Crippen molar-refractivity contribution in [3.05, 3.63) is 29.8 Å². The van der Waals surface area contributed by atoms with E-state index >= 15 is 0 Å². The highest BCUT2D eigenvalue weighted by Crippen LogP contribution is 2.13. The van der Waals surface area contributed by atoms with E-state index < -0.39 is 0 Å². The van der Waals surface area contributed by atoms with Crippen molar-refractivity contribution in [3.8, 4) is 5.75 Å². The highest BCUT2D eigenvalue weighted by Gasteiger charge is 1.94. The molecule has 0 bridgehead atoms. The van der Waals surface area contributed by atoms with E-state index in [1.54, 1.807) is 7.11 Å². The lowest BCUT2D eigenvalue weighted by atomic mass is 10.1. The summed E-state index contributed by atoms with van der Waals surface area (Å²) in [6.45, 7) is 0. The number of carbonyl (C=O) groups excluding carboxylic acids is 1. The number of hydrogen-bond acceptors (Lipinski definition) is 2. The molecule has 82 valence electrons. The van der Waals surface area contributed by atoms with E-state index in [0.29, 0.717) is 6.42 Å². The summed E-state index contributed by atoms with van der Waals surface area (Å²) in [6.07, 6.45) is 6.07. The number of ether oxygens (including phenoxy) is 1. The first-order valence-corrected chi connectivity index (χ1v) is 5.43. The van der Waals surface area contributed by atoms with Gasteiger partial charge in [0, 0.05) is 6.42 Å². The molecule has 1 aromatic rings. The van der Waals surface area contributed by atoms with Crippen LogP contribution in [0.3, 0.4) is 0 Å². The molecule has 0 aliphatic heterocycles. The minimum atomic E-state index is 0.697. The molecule has 0 aliphatic carbocycles. The van der Waals surface area contributed by atoms with Gasteiger partial charge in [0.1, 0.15) is 12.0 Å². The fraction of sp³-hybridized carbons (Fsp3) is 0.462. The third-order valence-corrected chi connectivity index (χ3v) is 2.45. The van der Waals surface area contributed by atoms with E-state index in [9.17, 15) is 4.79 Å². The molecular formula is C13H18O2. The molecule has 0 aromatic heterocycles. The van der Waals surface area contributed by atoms with Crippen LogP contribution in [0.4, 0.5) is 0 Å². The van der Waals surface area contributed by atoms with Crippen LogP contribution in [0.1, 0.15) is 31.2 Å². The van der Waals surface area contributed by atoms with Crippen LogP contribution < -0.4 is 4.74 Å². The summed E-state index contributed by atoms with van der Waals surface area (Å²) in [7, 11) is 1.68. The molecule has 2 nitrogen and oxygen atoms in total. The second-order valence-corrected chi connectivity index (χ2v) is 3.61. The Bertz CT molecular complexity index is 277. The summed E-state index contributed by atoms with van der Waals surface area (Å²) in [5, 5.41) is 0. The summed E-state index contributed by atoms with van der Waals surface area (Å²) in [5.74, 6) is 0.903. The quantitative estimate of drug-likeness (QED) is 0.506. The molecule has 0 spiro atoms. The van der Waals surface area contributed by atoms with Gasteiger partial charge in [0.2, 0.25) is 0 Å². The predicted octanol–water partition coefficient (Wildman–Crippen LogP) is 3.00. The van der Waals surface area contributed by atoms with Gasteiger partial charge in [-0.15, -0.1) is 0 Å². The summed E-state index contributed by atoms with van der Waals surface area (Å²) in [6, 6.07) is 8.17. The van der Waals surface area contributed by atoms with Gasteiger partial charge in [0.15, 0.2) is 0 Å². The summed E-state index contributed by atoms with van der Waals surface area (Å²) in [5.41, 5.74) is 1.34. The van der Waals surface area contributed by atoms with Gasteiger partial charge < -0.3 is 9.53 Å². The number of aryl methyl sites for hydroxylation is 1. The molecule has 0 N–H and O–H groups in total. The Kier molecular flexibility index (Phi) is 5.52. The van der Waals surface area contributed by atoms with Crippen LogP contribution in [0.15, 0.2) is 24.3 Å². The molecule has 15 heavy (non-hydrogen) atoms. The minimum absolute atomic E-state index is 0.697. The summed E-state index contributed by atoms with van der Waals surface area (Å²) >= 11 is 0. The molecule has 2 heteroatoms. The molecule has 0 heterocycles. The molecule has 0 radical (unpaired) electrons. The minimum Gasteiger partial charge on any atom is -0.497 e. The number of aldehydes is 1. The highest BCUT2D eigenvalue weighted by atomic mass is 16.5. The van der Waals surface area contributed by atoms with Crippen LogP contribution in [0.5, 0.6) is 5.75 Å². The zero-order valence-corrected chi connectivity index (χ0v) is 9.24. The maximum atomic E-state index is 10.1. The number of benzene rings is 1. The Labute approximate surface area is 91.3 Å². The van der Waals surface area contributed by atoms with Crippen LogP contribution in [0.25, 0.3) is 0 Å². The zero-order valence-electron chi connectivity index (χ0n) is 9.24. The molecular weight excluding hydrogens is 188 g/mol. The molecule has 0 fully saturated rings. The Balaban J connectivity index is 2.22. The van der Waals surface area contributed by atoms with Crippen molar-refractivity contribution in [3.63, 3.8) is 0 Å². The van der Waals surface area contributed by atoms with Gasteiger partial charge in [-0.1, -0.05) is 18.6 Å². The third-order valence-electron chi connectivity index (χ3n) is 2.45. The van der Waals surface area contributed by atoms with Crippen LogP contribution in [0, 0.1) is 0 Å². The van der Waals surface area contributed by atoms with Crippen LogP contribution in [-0.4, -0.2) is 13.4 Å². The Morgan fingerprint density at radius 2 is 1.87 bits per heavy atom. The SMILES string of the molecule is COc1ccc(CCCCCC=O)cc1. The fourth-order valence-corrected chi connectivity index (χ4v) is 1.53. The van der Waals surface area contributed by atoms with Gasteiger partial charge in [-0.05, 0) is 37.0 Å². The second-order valence-electron chi connectivity index (χ2n) is 3.61. The van der Waals surface area contributed by atoms with Crippen LogP contribution in [0.2, 0.25) is 0 Å². The molecule has 0 aliphatic rings. The van der Waals surface area contributed by atoms with Crippen molar-refractivity contribution >= 4 is 6.29 Å². The first-order chi connectivity index (χ1) is 7.36. The number of unbranched alkanes of at least 4 members (excludes halogenated alkanes) is 3. The zero-order chi connectivity index (χ0) is 10.9. The van der Waals surface area contributed by atoms with Crippen molar-refractivity contribution in [2.45, 2.75) is 32.1 Å². The van der Waals surface area contributed by atoms with Gasteiger partial charge in [-0.25, -0.2) is 0 Å². The van der Waals surface area contributed by atoms with E-state index in [1.165, 1.54) is 5.56 Å². The summed E-state index contributed by atoms with van der Waals surface area (Å²) < 4.78 is 5.09. The van der Waals surface area contributed by atoms with E-state index in [2.05, 4.69) is 12.1 Å². The van der Waals surface area contributed by atoms with Gasteiger partial charge in [-0.3, -0.25) is 0 Å². The number of hydrogen-bond donors (Lipinski definition) is 0. The molecule has 0 amide bonds. The number of methoxy groups -OCH3 is 1. The van der Waals surface area contributed by atoms with Gasteiger partial charge >= 0.3 is 0 Å². The standard InChI is InChI=1S/C13H18O2/c1-15-13-9-7-12(8-10-13)6-4-2-3-5-11-14/h7-11H,2-6H2,1H3. The Morgan fingerprint density at radius 3 is 2.47 bits per heavy atom. The number of carbonyl (C=O) groups is 1. The molecule has 1 rings (SSSR count). The van der Waals surface area contributed by atoms with E-state index in [4.69, 9.17) is 4.74 Å². The Hall–Kier alpha value is -1.31. The topological polar surface area (TPSA) is 26.3 Å². The third kappa shape index (κ3) is 4.63. The van der Waals surface area contributed by atoms with E-state index in [-0.39, 0.29) is 0 Å². The molecule has 1 aromatic carbocycles. The highest BCUT2D eigenvalue weighted by molar-refractivity contribution is 5.48. The normalized spacial score (nSPS) is 9.93. The number of rotatable bonds is 7. The smallest absolute Gasteiger partial charge is 0.119 e. The average molecular weight is 206 g/mol. The van der Waals surface area contributed by atoms with Crippen molar-refractivity contribution in [2.24, 2.45) is 0 Å². The van der Waals surface area contributed by atoms with E-state index in [0.717, 1.165) is 37.7 Å². The molecule has 0 saturated heterocycles. The largest absolute Gasteiger partial charge is 0.497 e. The van der Waals surface area contributed by atoms with Crippen molar-refractivity contribution in [1.82, 2.24) is 0 Å². The lowest BCUT2D eigenvalue weighted by molar-refractivity contribution is -0.107. The monoisotopic (exact) mass is 206 g/mol. The van der Waals surface area contributed by atoms with Crippen molar-refractivity contribution < 1.29 is 9.53 Å². The molecule has 0 atom stereocenters. The van der Waals surface area contributed by atoms with E-state index in [1.807, 2.05) is 12.1 Å². The first-order valence-electron chi connectivity index (χ1n) is 5.43. The molecule has 0 saturated carbocycles. The predicted molar refractivity (Wildman–Crippen MR) is 61.2 cm³/mol. The first kappa shape index (κ1) is 11.8. The van der Waals surface area contributed by atoms with Crippen molar-refractivity contribution in [1.29, 1.82) is 0 Å². The Morgan fingerprint density at radius 1 is 1.13 bits per heavy atom.